The third kappa shape index (κ3) is 2.40. The lowest BCUT2D eigenvalue weighted by molar-refractivity contribution is 0.102. The minimum atomic E-state index is -0.385. The quantitative estimate of drug-likeness (QED) is 0.886. The number of nitrogens with zero attached hydrogens (tertiary/aromatic N) is 2. The molecule has 0 bridgehead atoms. The number of nitrogens with one attached hydrogen (secondary N) is 1. The highest BCUT2D eigenvalue weighted by molar-refractivity contribution is 6.03. The van der Waals surface area contributed by atoms with Gasteiger partial charge in [-0.05, 0) is 31.5 Å². The third-order valence-electron chi connectivity index (χ3n) is 2.68. The van der Waals surface area contributed by atoms with Crippen LogP contribution in [0, 0.1) is 19.7 Å². The minimum Gasteiger partial charge on any atom is -0.307 e. The first kappa shape index (κ1) is 12.3. The van der Waals surface area contributed by atoms with Gasteiger partial charge in [0.05, 0.1) is 5.69 Å². The molecule has 1 heterocycles. The van der Waals surface area contributed by atoms with Crippen LogP contribution in [0.25, 0.3) is 0 Å². The molecule has 1 aromatic carbocycles. The van der Waals surface area contributed by atoms with Gasteiger partial charge in [0, 0.05) is 18.7 Å². The molecule has 1 aromatic heterocycles. The van der Waals surface area contributed by atoms with Gasteiger partial charge in [-0.2, -0.15) is 5.10 Å². The molecule has 1 N–H and O–H groups in total. The number of rotatable bonds is 2. The Bertz CT molecular complexity index is 604. The van der Waals surface area contributed by atoms with Gasteiger partial charge in [-0.25, -0.2) is 4.39 Å². The largest absolute Gasteiger partial charge is 0.307 e. The molecule has 5 heteroatoms. The number of hydrogen-bond acceptors (Lipinski definition) is 2. The Kier molecular flexibility index (Phi) is 3.14. The zero-order chi connectivity index (χ0) is 13.3. The summed E-state index contributed by atoms with van der Waals surface area (Å²) in [6, 6.07) is 6.16. The normalized spacial score (nSPS) is 10.4. The van der Waals surface area contributed by atoms with Crippen molar-refractivity contribution in [3.8, 4) is 0 Å². The van der Waals surface area contributed by atoms with Crippen molar-refractivity contribution in [1.29, 1.82) is 0 Å². The van der Waals surface area contributed by atoms with E-state index in [1.165, 1.54) is 6.07 Å². The molecule has 0 aliphatic rings. The van der Waals surface area contributed by atoms with Gasteiger partial charge < -0.3 is 5.32 Å². The van der Waals surface area contributed by atoms with Crippen molar-refractivity contribution < 1.29 is 9.18 Å². The Balaban J connectivity index is 2.22. The van der Waals surface area contributed by atoms with Crippen LogP contribution in [-0.2, 0) is 7.05 Å². The first-order valence-corrected chi connectivity index (χ1v) is 5.55. The number of carbonyl (C=O) groups is 1. The Labute approximate surface area is 104 Å². The first-order valence-electron chi connectivity index (χ1n) is 5.55. The topological polar surface area (TPSA) is 46.9 Å². The molecule has 0 aliphatic heterocycles. The Morgan fingerprint density at radius 1 is 1.33 bits per heavy atom. The van der Waals surface area contributed by atoms with Crippen LogP contribution >= 0.6 is 0 Å². The van der Waals surface area contributed by atoms with Crippen LogP contribution in [0.1, 0.15) is 21.6 Å². The average Bonchev–Trinajstić information content (AvgIpc) is 2.61. The van der Waals surface area contributed by atoms with Gasteiger partial charge >= 0.3 is 0 Å². The van der Waals surface area contributed by atoms with E-state index in [1.54, 1.807) is 36.9 Å². The van der Waals surface area contributed by atoms with Gasteiger partial charge in [0.2, 0.25) is 0 Å². The summed E-state index contributed by atoms with van der Waals surface area (Å²) in [5.74, 6) is -0.154. The van der Waals surface area contributed by atoms with Crippen LogP contribution in [0.5, 0.6) is 0 Å². The fourth-order valence-electron chi connectivity index (χ4n) is 1.65. The van der Waals surface area contributed by atoms with E-state index in [1.807, 2.05) is 6.92 Å². The van der Waals surface area contributed by atoms with Gasteiger partial charge in [-0.1, -0.05) is 6.07 Å². The third-order valence-corrected chi connectivity index (χ3v) is 2.68. The second-order valence-corrected chi connectivity index (χ2v) is 4.21. The SMILES string of the molecule is Cc1cc(NC(=O)c2ccc(C)c(F)c2)n(C)n1. The minimum absolute atomic E-state index is 0.289. The predicted octanol–water partition coefficient (Wildman–Crippen LogP) is 2.43. The number of carbonyl (C=O) groups excluding carboxylic acids is 1. The lowest BCUT2D eigenvalue weighted by Gasteiger charge is -2.06. The van der Waals surface area contributed by atoms with Crippen LogP contribution in [0.3, 0.4) is 0 Å². The van der Waals surface area contributed by atoms with Crippen LogP contribution in [0.15, 0.2) is 24.3 Å². The number of amides is 1. The summed E-state index contributed by atoms with van der Waals surface area (Å²) in [7, 11) is 1.73. The van der Waals surface area contributed by atoms with Crippen LogP contribution in [-0.4, -0.2) is 15.7 Å². The molecule has 0 unspecified atom stereocenters. The maximum Gasteiger partial charge on any atom is 0.256 e. The van der Waals surface area contributed by atoms with E-state index in [2.05, 4.69) is 10.4 Å². The lowest BCUT2D eigenvalue weighted by Crippen LogP contribution is -2.14. The van der Waals surface area contributed by atoms with E-state index < -0.39 is 0 Å². The number of aromatic nitrogens is 2. The Morgan fingerprint density at radius 3 is 2.61 bits per heavy atom. The zero-order valence-corrected chi connectivity index (χ0v) is 10.5. The average molecular weight is 247 g/mol. The van der Waals surface area contributed by atoms with Gasteiger partial charge in [0.15, 0.2) is 0 Å². The fraction of sp³-hybridized carbons (Fsp3) is 0.231. The standard InChI is InChI=1S/C13H14FN3O/c1-8-4-5-10(7-11(8)14)13(18)15-12-6-9(2)16-17(12)3/h4-7H,1-3H3,(H,15,18). The molecule has 1 amide bonds. The molecule has 0 saturated heterocycles. The molecule has 18 heavy (non-hydrogen) atoms. The Morgan fingerprint density at radius 2 is 2.06 bits per heavy atom. The molecular formula is C13H14FN3O. The molecule has 0 aliphatic carbocycles. The van der Waals surface area contributed by atoms with E-state index in [0.717, 1.165) is 5.69 Å². The van der Waals surface area contributed by atoms with Crippen molar-refractivity contribution in [2.75, 3.05) is 5.32 Å². The highest BCUT2D eigenvalue weighted by Crippen LogP contribution is 2.13. The maximum absolute atomic E-state index is 13.4. The summed E-state index contributed by atoms with van der Waals surface area (Å²) in [4.78, 5) is 11.9. The van der Waals surface area contributed by atoms with Gasteiger partial charge in [0.1, 0.15) is 11.6 Å². The van der Waals surface area contributed by atoms with Crippen LogP contribution in [0.4, 0.5) is 10.2 Å². The second-order valence-electron chi connectivity index (χ2n) is 4.21. The van der Waals surface area contributed by atoms with Gasteiger partial charge in [-0.15, -0.1) is 0 Å². The maximum atomic E-state index is 13.4. The molecule has 0 atom stereocenters. The number of benzene rings is 1. The molecular weight excluding hydrogens is 233 g/mol. The van der Waals surface area contributed by atoms with Gasteiger partial charge in [-0.3, -0.25) is 9.48 Å². The van der Waals surface area contributed by atoms with Crippen molar-refractivity contribution in [2.24, 2.45) is 7.05 Å². The van der Waals surface area contributed by atoms with E-state index in [4.69, 9.17) is 0 Å². The van der Waals surface area contributed by atoms with E-state index in [-0.39, 0.29) is 17.3 Å². The van der Waals surface area contributed by atoms with Crippen molar-refractivity contribution in [3.63, 3.8) is 0 Å². The van der Waals surface area contributed by atoms with Crippen LogP contribution < -0.4 is 5.32 Å². The smallest absolute Gasteiger partial charge is 0.256 e. The predicted molar refractivity (Wildman–Crippen MR) is 67.0 cm³/mol. The van der Waals surface area contributed by atoms with Crippen LogP contribution in [0.2, 0.25) is 0 Å². The van der Waals surface area contributed by atoms with E-state index >= 15 is 0 Å². The molecule has 94 valence electrons. The molecule has 0 radical (unpaired) electrons. The highest BCUT2D eigenvalue weighted by Gasteiger charge is 2.10. The Hall–Kier alpha value is -2.17. The number of aryl methyl sites for hydroxylation is 3. The van der Waals surface area contributed by atoms with Crippen molar-refractivity contribution >= 4 is 11.7 Å². The molecule has 2 rings (SSSR count). The highest BCUT2D eigenvalue weighted by atomic mass is 19.1. The van der Waals surface area contributed by atoms with Crippen molar-refractivity contribution in [3.05, 3.63) is 46.9 Å². The summed E-state index contributed by atoms with van der Waals surface area (Å²) in [5.41, 5.74) is 1.61. The van der Waals surface area contributed by atoms with E-state index in [0.29, 0.717) is 11.4 Å². The summed E-state index contributed by atoms with van der Waals surface area (Å²) in [6.07, 6.45) is 0. The summed E-state index contributed by atoms with van der Waals surface area (Å²) < 4.78 is 14.9. The van der Waals surface area contributed by atoms with Crippen molar-refractivity contribution in [1.82, 2.24) is 9.78 Å². The summed E-state index contributed by atoms with van der Waals surface area (Å²) in [6.45, 7) is 3.49. The zero-order valence-electron chi connectivity index (χ0n) is 10.5. The summed E-state index contributed by atoms with van der Waals surface area (Å²) >= 11 is 0. The summed E-state index contributed by atoms with van der Waals surface area (Å²) in [5, 5.41) is 6.81. The lowest BCUT2D eigenvalue weighted by atomic mass is 10.1. The first-order chi connectivity index (χ1) is 8.47. The monoisotopic (exact) mass is 247 g/mol. The molecule has 4 nitrogen and oxygen atoms in total. The second kappa shape index (κ2) is 4.60. The van der Waals surface area contributed by atoms with Crippen molar-refractivity contribution in [2.45, 2.75) is 13.8 Å². The number of anilines is 1. The molecule has 0 spiro atoms. The van der Waals surface area contributed by atoms with E-state index in [9.17, 15) is 9.18 Å². The molecule has 0 fully saturated rings. The fourth-order valence-corrected chi connectivity index (χ4v) is 1.65. The van der Waals surface area contributed by atoms with Gasteiger partial charge in [0.25, 0.3) is 5.91 Å². The number of hydrogen-bond donors (Lipinski definition) is 1. The molecule has 2 aromatic rings. The molecule has 0 saturated carbocycles. The number of halogens is 1.